The van der Waals surface area contributed by atoms with Gasteiger partial charge in [0.05, 0.1) is 12.2 Å². The van der Waals surface area contributed by atoms with E-state index in [1.165, 1.54) is 19.3 Å². The smallest absolute Gasteiger partial charge is 0.0876 e. The SMILES string of the molecule is c1ccc(C2CCC3C4CC(C5OC45)C23)cc1. The predicted molar refractivity (Wildman–Crippen MR) is 65.7 cm³/mol. The van der Waals surface area contributed by atoms with Crippen molar-refractivity contribution in [3.63, 3.8) is 0 Å². The Labute approximate surface area is 102 Å². The number of benzene rings is 1. The molecule has 0 amide bonds. The molecule has 1 aliphatic heterocycles. The Bertz CT molecular complexity index is 452. The maximum Gasteiger partial charge on any atom is 0.0876 e. The molecule has 7 unspecified atom stereocenters. The molecule has 1 saturated heterocycles. The maximum absolute atomic E-state index is 5.86. The average molecular weight is 226 g/mol. The molecule has 0 N–H and O–H groups in total. The monoisotopic (exact) mass is 226 g/mol. The van der Waals surface area contributed by atoms with E-state index in [0.717, 1.165) is 29.6 Å². The second-order valence-electron chi connectivity index (χ2n) is 6.46. The van der Waals surface area contributed by atoms with Crippen molar-refractivity contribution in [1.29, 1.82) is 0 Å². The van der Waals surface area contributed by atoms with Gasteiger partial charge in [-0.2, -0.15) is 0 Å². The zero-order valence-corrected chi connectivity index (χ0v) is 9.96. The van der Waals surface area contributed by atoms with Crippen molar-refractivity contribution >= 4 is 0 Å². The third-order valence-electron chi connectivity index (χ3n) is 5.99. The minimum Gasteiger partial charge on any atom is -0.369 e. The third-order valence-corrected chi connectivity index (χ3v) is 5.99. The fourth-order valence-electron chi connectivity index (χ4n) is 5.46. The standard InChI is InChI=1S/C16H18O/c1-2-4-9(5-3-1)10-6-7-11-12-8-13(14(10)11)16-15(12)17-16/h1-5,10-16H,6-8H2. The number of fused-ring (bicyclic) bond motifs is 8. The Morgan fingerprint density at radius 1 is 0.882 bits per heavy atom. The van der Waals surface area contributed by atoms with Crippen LogP contribution in [0.25, 0.3) is 0 Å². The summed E-state index contributed by atoms with van der Waals surface area (Å²) in [6, 6.07) is 11.2. The zero-order valence-electron chi connectivity index (χ0n) is 9.96. The Hall–Kier alpha value is -0.820. The van der Waals surface area contributed by atoms with Gasteiger partial charge >= 0.3 is 0 Å². The molecule has 3 saturated carbocycles. The molecule has 0 spiro atoms. The minimum atomic E-state index is 0.672. The highest BCUT2D eigenvalue weighted by Gasteiger charge is 2.69. The molecule has 1 aromatic rings. The van der Waals surface area contributed by atoms with E-state index < -0.39 is 0 Å². The summed E-state index contributed by atoms with van der Waals surface area (Å²) in [7, 11) is 0. The predicted octanol–water partition coefficient (Wildman–Crippen LogP) is 3.21. The number of epoxide rings is 1. The number of hydrogen-bond acceptors (Lipinski definition) is 1. The number of ether oxygens (including phenoxy) is 1. The van der Waals surface area contributed by atoms with E-state index >= 15 is 0 Å². The largest absolute Gasteiger partial charge is 0.369 e. The van der Waals surface area contributed by atoms with Crippen molar-refractivity contribution in [1.82, 2.24) is 0 Å². The molecule has 0 aromatic heterocycles. The summed E-state index contributed by atoms with van der Waals surface area (Å²) < 4.78 is 5.86. The van der Waals surface area contributed by atoms with Gasteiger partial charge in [0.1, 0.15) is 0 Å². The van der Waals surface area contributed by atoms with E-state index in [1.54, 1.807) is 5.56 Å². The molecule has 1 heterocycles. The Kier molecular flexibility index (Phi) is 1.59. The Morgan fingerprint density at radius 2 is 1.71 bits per heavy atom. The van der Waals surface area contributed by atoms with Crippen molar-refractivity contribution in [3.8, 4) is 0 Å². The topological polar surface area (TPSA) is 12.5 Å². The highest BCUT2D eigenvalue weighted by atomic mass is 16.6. The molecule has 1 aromatic carbocycles. The highest BCUT2D eigenvalue weighted by molar-refractivity contribution is 5.27. The van der Waals surface area contributed by atoms with E-state index in [0.29, 0.717) is 12.2 Å². The molecule has 0 radical (unpaired) electrons. The van der Waals surface area contributed by atoms with Crippen LogP contribution in [0.3, 0.4) is 0 Å². The third kappa shape index (κ3) is 1.05. The first-order valence-electron chi connectivity index (χ1n) is 7.14. The summed E-state index contributed by atoms with van der Waals surface area (Å²) in [6.45, 7) is 0. The minimum absolute atomic E-state index is 0.672. The lowest BCUT2D eigenvalue weighted by atomic mass is 9.76. The lowest BCUT2D eigenvalue weighted by Gasteiger charge is -2.27. The van der Waals surface area contributed by atoms with Crippen molar-refractivity contribution in [3.05, 3.63) is 35.9 Å². The van der Waals surface area contributed by atoms with Crippen molar-refractivity contribution in [2.75, 3.05) is 0 Å². The van der Waals surface area contributed by atoms with Crippen LogP contribution < -0.4 is 0 Å². The van der Waals surface area contributed by atoms with Gasteiger partial charge in [-0.3, -0.25) is 0 Å². The van der Waals surface area contributed by atoms with Crippen molar-refractivity contribution in [2.24, 2.45) is 23.7 Å². The second kappa shape index (κ2) is 2.95. The van der Waals surface area contributed by atoms with Crippen molar-refractivity contribution in [2.45, 2.75) is 37.4 Å². The van der Waals surface area contributed by atoms with Gasteiger partial charge in [0.25, 0.3) is 0 Å². The summed E-state index contributed by atoms with van der Waals surface area (Å²) in [5.74, 6) is 4.62. The lowest BCUT2D eigenvalue weighted by Crippen LogP contribution is -2.26. The van der Waals surface area contributed by atoms with Crippen LogP contribution in [-0.2, 0) is 4.74 Å². The quantitative estimate of drug-likeness (QED) is 0.670. The van der Waals surface area contributed by atoms with Crippen LogP contribution in [0.2, 0.25) is 0 Å². The van der Waals surface area contributed by atoms with Crippen molar-refractivity contribution < 1.29 is 4.74 Å². The van der Waals surface area contributed by atoms with Crippen LogP contribution in [0.4, 0.5) is 0 Å². The lowest BCUT2D eigenvalue weighted by molar-refractivity contribution is 0.239. The average Bonchev–Trinajstić information content (AvgIpc) is 2.80. The zero-order chi connectivity index (χ0) is 11.0. The van der Waals surface area contributed by atoms with Gasteiger partial charge in [-0.15, -0.1) is 0 Å². The molecule has 4 aliphatic rings. The van der Waals surface area contributed by atoms with Gasteiger partial charge in [-0.05, 0) is 54.4 Å². The molecule has 7 atom stereocenters. The second-order valence-corrected chi connectivity index (χ2v) is 6.46. The van der Waals surface area contributed by atoms with Crippen LogP contribution in [0, 0.1) is 23.7 Å². The summed E-state index contributed by atoms with van der Waals surface area (Å²) in [4.78, 5) is 0. The molecule has 1 nitrogen and oxygen atoms in total. The molecular weight excluding hydrogens is 208 g/mol. The molecule has 5 rings (SSSR count). The first kappa shape index (κ1) is 9.16. The van der Waals surface area contributed by atoms with Gasteiger partial charge in [0.15, 0.2) is 0 Å². The number of rotatable bonds is 1. The molecule has 17 heavy (non-hydrogen) atoms. The first-order valence-corrected chi connectivity index (χ1v) is 7.14. The fraction of sp³-hybridized carbons (Fsp3) is 0.625. The van der Waals surface area contributed by atoms with Crippen LogP contribution >= 0.6 is 0 Å². The fourth-order valence-corrected chi connectivity index (χ4v) is 5.46. The number of hydrogen-bond donors (Lipinski definition) is 0. The highest BCUT2D eigenvalue weighted by Crippen LogP contribution is 2.68. The van der Waals surface area contributed by atoms with E-state index in [2.05, 4.69) is 30.3 Å². The van der Waals surface area contributed by atoms with Gasteiger partial charge in [-0.1, -0.05) is 30.3 Å². The van der Waals surface area contributed by atoms with Gasteiger partial charge in [-0.25, -0.2) is 0 Å². The summed E-state index contributed by atoms with van der Waals surface area (Å²) in [5.41, 5.74) is 1.59. The molecule has 4 fully saturated rings. The molecule has 1 heteroatoms. The summed E-state index contributed by atoms with van der Waals surface area (Å²) >= 11 is 0. The molecule has 3 aliphatic carbocycles. The molecular formula is C16H18O. The Morgan fingerprint density at radius 3 is 2.59 bits per heavy atom. The van der Waals surface area contributed by atoms with E-state index in [-0.39, 0.29) is 0 Å². The van der Waals surface area contributed by atoms with Crippen LogP contribution in [0.1, 0.15) is 30.7 Å². The van der Waals surface area contributed by atoms with E-state index in [1.807, 2.05) is 0 Å². The van der Waals surface area contributed by atoms with E-state index in [4.69, 9.17) is 4.74 Å². The maximum atomic E-state index is 5.86. The van der Waals surface area contributed by atoms with Crippen LogP contribution in [0.5, 0.6) is 0 Å². The molecule has 2 bridgehead atoms. The van der Waals surface area contributed by atoms with Gasteiger partial charge in [0, 0.05) is 0 Å². The van der Waals surface area contributed by atoms with Gasteiger partial charge < -0.3 is 4.74 Å². The van der Waals surface area contributed by atoms with Crippen LogP contribution in [0.15, 0.2) is 30.3 Å². The normalized spacial score (nSPS) is 53.5. The Balaban J connectivity index is 1.53. The summed E-state index contributed by atoms with van der Waals surface area (Å²) in [6.07, 6.45) is 5.72. The summed E-state index contributed by atoms with van der Waals surface area (Å²) in [5, 5.41) is 0. The van der Waals surface area contributed by atoms with Crippen LogP contribution in [-0.4, -0.2) is 12.2 Å². The molecule has 88 valence electrons. The first-order chi connectivity index (χ1) is 8.43. The van der Waals surface area contributed by atoms with Gasteiger partial charge in [0.2, 0.25) is 0 Å². The van der Waals surface area contributed by atoms with E-state index in [9.17, 15) is 0 Å².